The Morgan fingerprint density at radius 1 is 0.610 bits per heavy atom. The van der Waals surface area contributed by atoms with Crippen LogP contribution in [0.3, 0.4) is 0 Å². The normalized spacial score (nSPS) is 24.6. The number of benzene rings is 4. The van der Waals surface area contributed by atoms with Crippen molar-refractivity contribution in [1.82, 2.24) is 20.4 Å². The molecule has 1 fully saturated rings. The van der Waals surface area contributed by atoms with Crippen molar-refractivity contribution in [2.75, 3.05) is 40.3 Å². The third-order valence-electron chi connectivity index (χ3n) is 8.11. The minimum Gasteiger partial charge on any atom is -1.00 e. The number of hydrogen-bond acceptors (Lipinski definition) is 4. The Bertz CT molecular complexity index is 1280. The Kier molecular flexibility index (Phi) is 13.1. The average Bonchev–Trinajstić information content (AvgIpc) is 3.00. The van der Waals surface area contributed by atoms with Gasteiger partial charge >= 0.3 is 247 Å². The van der Waals surface area contributed by atoms with E-state index in [2.05, 4.69) is 176 Å². The zero-order valence-electron chi connectivity index (χ0n) is 23.8. The van der Waals surface area contributed by atoms with Gasteiger partial charge in [-0.05, 0) is 0 Å². The van der Waals surface area contributed by atoms with Crippen LogP contribution in [0.4, 0.5) is 0 Å². The molecule has 41 heavy (non-hydrogen) atoms. The minimum atomic E-state index is -0.194. The van der Waals surface area contributed by atoms with Gasteiger partial charge in [0.1, 0.15) is 0 Å². The third-order valence-corrected chi connectivity index (χ3v) is 9.44. The maximum Gasteiger partial charge on any atom is -1.00 e. The van der Waals surface area contributed by atoms with Crippen LogP contribution in [-0.2, 0) is 24.3 Å². The van der Waals surface area contributed by atoms with E-state index in [4.69, 9.17) is 0 Å². The summed E-state index contributed by atoms with van der Waals surface area (Å²) in [5, 5.41) is 7.96. The molecule has 213 valence electrons. The molecule has 0 amide bonds. The second-order valence-corrected chi connectivity index (χ2v) is 12.0. The van der Waals surface area contributed by atoms with E-state index in [1.807, 2.05) is 0 Å². The van der Waals surface area contributed by atoms with E-state index in [0.717, 1.165) is 26.2 Å². The van der Waals surface area contributed by atoms with Gasteiger partial charge in [0.15, 0.2) is 0 Å². The standard InChI is InChI=1S/C34H39N4.2ClH.Ti/c1-37-25-32(28-17-9-4-10-18-28)35-23-31(27-15-7-3-8-16-27)36-24-33(29-19-11-5-12-20-29)38(2)26-34(37)30-21-13-6-14-22-30;;;/h3-22,31-32,34-36H,23-26H2,1-2H3;2*1H;/q;;;+2/p-2. The van der Waals surface area contributed by atoms with Crippen molar-refractivity contribution in [1.29, 1.82) is 0 Å². The summed E-state index contributed by atoms with van der Waals surface area (Å²) in [5.41, 5.74) is 5.31. The van der Waals surface area contributed by atoms with Crippen LogP contribution < -0.4 is 35.4 Å². The molecule has 4 atom stereocenters. The summed E-state index contributed by atoms with van der Waals surface area (Å²) in [6.45, 7) is 3.48. The van der Waals surface area contributed by atoms with Crippen LogP contribution in [0.1, 0.15) is 40.4 Å². The Morgan fingerprint density at radius 3 is 1.61 bits per heavy atom. The molecule has 5 rings (SSSR count). The molecule has 4 aromatic carbocycles. The molecule has 1 aliphatic rings. The number of nitrogens with zero attached hydrogens (tertiary/aromatic N) is 2. The maximum absolute atomic E-state index is 3.99. The van der Waals surface area contributed by atoms with Gasteiger partial charge in [-0.15, -0.1) is 0 Å². The first-order chi connectivity index (χ1) is 19.0. The molecule has 0 bridgehead atoms. The summed E-state index contributed by atoms with van der Waals surface area (Å²) in [6.07, 6.45) is 0. The molecular formula is C34H39Cl2N4Ti. The van der Waals surface area contributed by atoms with Crippen LogP contribution in [0.2, 0.25) is 0 Å². The Morgan fingerprint density at radius 2 is 1.07 bits per heavy atom. The monoisotopic (exact) mass is 621 g/mol. The number of rotatable bonds is 4. The molecule has 0 aliphatic carbocycles. The van der Waals surface area contributed by atoms with Crippen LogP contribution in [-0.4, -0.2) is 50.1 Å². The van der Waals surface area contributed by atoms with E-state index in [9.17, 15) is 0 Å². The second-order valence-electron chi connectivity index (χ2n) is 10.7. The van der Waals surface area contributed by atoms with Crippen molar-refractivity contribution >= 4 is 0 Å². The van der Waals surface area contributed by atoms with Gasteiger partial charge in [-0.25, -0.2) is 0 Å². The molecule has 1 saturated heterocycles. The first kappa shape index (κ1) is 33.5. The Hall–Kier alpha value is -1.99. The number of nitrogens with one attached hydrogen (secondary N) is 2. The first-order valence-corrected chi connectivity index (χ1v) is 14.7. The van der Waals surface area contributed by atoms with E-state index < -0.39 is 0 Å². The van der Waals surface area contributed by atoms with E-state index in [0.29, 0.717) is 0 Å². The summed E-state index contributed by atoms with van der Waals surface area (Å²) < 4.78 is -0.194. The Balaban J connectivity index is 0.00000231. The summed E-state index contributed by atoms with van der Waals surface area (Å²) in [4.78, 5) is 5.09. The van der Waals surface area contributed by atoms with Crippen molar-refractivity contribution in [2.45, 2.75) is 22.0 Å². The first-order valence-electron chi connectivity index (χ1n) is 13.9. The van der Waals surface area contributed by atoms with Gasteiger partial charge in [0.25, 0.3) is 0 Å². The Labute approximate surface area is 270 Å². The number of hydrogen-bond donors (Lipinski definition) is 2. The molecule has 7 heteroatoms. The van der Waals surface area contributed by atoms with Crippen molar-refractivity contribution in [2.24, 2.45) is 0 Å². The number of halogens is 2. The molecule has 4 nitrogen and oxygen atoms in total. The average molecular weight is 622 g/mol. The summed E-state index contributed by atoms with van der Waals surface area (Å²) >= 11 is 2.38. The van der Waals surface area contributed by atoms with E-state index in [1.165, 1.54) is 22.3 Å². The zero-order chi connectivity index (χ0) is 27.1. The number of likely N-dealkylation sites (N-methyl/N-ethyl adjacent to an activating group) is 2. The van der Waals surface area contributed by atoms with Crippen LogP contribution in [0.25, 0.3) is 0 Å². The molecule has 0 aromatic heterocycles. The van der Waals surface area contributed by atoms with E-state index in [1.54, 1.807) is 0 Å². The summed E-state index contributed by atoms with van der Waals surface area (Å²) in [7, 11) is 4.57. The quantitative estimate of drug-likeness (QED) is 0.306. The smallest absolute Gasteiger partial charge is 1.00 e. The van der Waals surface area contributed by atoms with Gasteiger partial charge in [-0.2, -0.15) is 0 Å². The molecule has 1 heterocycles. The van der Waals surface area contributed by atoms with E-state index >= 15 is 0 Å². The molecule has 4 aromatic rings. The van der Waals surface area contributed by atoms with Gasteiger partial charge in [-0.3, -0.25) is 0 Å². The van der Waals surface area contributed by atoms with Crippen LogP contribution in [0.15, 0.2) is 121 Å². The predicted molar refractivity (Wildman–Crippen MR) is 157 cm³/mol. The topological polar surface area (TPSA) is 30.5 Å². The van der Waals surface area contributed by atoms with Crippen molar-refractivity contribution in [3.8, 4) is 0 Å². The molecule has 0 radical (unpaired) electrons. The fraction of sp³-hybridized carbons (Fsp3) is 0.294. The van der Waals surface area contributed by atoms with Gasteiger partial charge in [-0.1, -0.05) is 0 Å². The molecule has 0 spiro atoms. The fourth-order valence-electron chi connectivity index (χ4n) is 5.67. The van der Waals surface area contributed by atoms with Crippen LogP contribution in [0, 0.1) is 0 Å². The minimum absolute atomic E-state index is 0. The second kappa shape index (κ2) is 16.0. The zero-order valence-corrected chi connectivity index (χ0v) is 26.8. The molecule has 2 N–H and O–H groups in total. The SMILES string of the molecule is CN1CC(c2ccccc2)NCC(c2ccccc2)NC[C]([Ti+2])(c2ccccc2)N(C)CC1c1ccccc1.[Cl-].[Cl-]. The molecular weight excluding hydrogens is 583 g/mol. The van der Waals surface area contributed by atoms with Gasteiger partial charge in [0, 0.05) is 0 Å². The fourth-order valence-corrected chi connectivity index (χ4v) is 6.24. The molecule has 4 unspecified atom stereocenters. The van der Waals surface area contributed by atoms with E-state index in [-0.39, 0.29) is 46.8 Å². The summed E-state index contributed by atoms with van der Waals surface area (Å²) in [5.74, 6) is 0. The molecule has 1 aliphatic heterocycles. The van der Waals surface area contributed by atoms with Crippen molar-refractivity contribution in [3.63, 3.8) is 0 Å². The van der Waals surface area contributed by atoms with Crippen molar-refractivity contribution < 1.29 is 45.2 Å². The largest absolute Gasteiger partial charge is 1.00 e. The van der Waals surface area contributed by atoms with Crippen LogP contribution >= 0.6 is 0 Å². The van der Waals surface area contributed by atoms with Gasteiger partial charge in [0.05, 0.1) is 0 Å². The third kappa shape index (κ3) is 8.31. The van der Waals surface area contributed by atoms with Gasteiger partial charge in [0.2, 0.25) is 0 Å². The maximum atomic E-state index is 3.99. The van der Waals surface area contributed by atoms with Crippen LogP contribution in [0.5, 0.6) is 0 Å². The summed E-state index contributed by atoms with van der Waals surface area (Å²) in [6, 6.07) is 44.3. The molecule has 0 saturated carbocycles. The van der Waals surface area contributed by atoms with Crippen molar-refractivity contribution in [3.05, 3.63) is 144 Å². The van der Waals surface area contributed by atoms with Gasteiger partial charge < -0.3 is 24.8 Å². The predicted octanol–water partition coefficient (Wildman–Crippen LogP) is -0.325.